The maximum atomic E-state index is 13.1. The summed E-state index contributed by atoms with van der Waals surface area (Å²) in [5, 5.41) is 3.43. The van der Waals surface area contributed by atoms with Crippen LogP contribution in [-0.4, -0.2) is 34.7 Å². The second-order valence-corrected chi connectivity index (χ2v) is 8.74. The first-order valence-corrected chi connectivity index (χ1v) is 11.8. The van der Waals surface area contributed by atoms with Gasteiger partial charge < -0.3 is 25.1 Å². The predicted octanol–water partition coefficient (Wildman–Crippen LogP) is 6.81. The molecule has 1 amide bonds. The highest BCUT2D eigenvalue weighted by Gasteiger charge is 2.30. The van der Waals surface area contributed by atoms with Gasteiger partial charge in [-0.3, -0.25) is 4.79 Å². The van der Waals surface area contributed by atoms with E-state index in [2.05, 4.69) is 10.3 Å². The Morgan fingerprint density at radius 3 is 2.31 bits per heavy atom. The lowest BCUT2D eigenvalue weighted by Crippen LogP contribution is -2.30. The largest absolute Gasteiger partial charge is 0.491 e. The molecule has 0 radical (unpaired) electrons. The fourth-order valence-corrected chi connectivity index (χ4v) is 4.03. The van der Waals surface area contributed by atoms with E-state index in [0.29, 0.717) is 28.5 Å². The molecule has 0 saturated heterocycles. The number of hydrogen-bond acceptors (Lipinski definition) is 5. The van der Waals surface area contributed by atoms with Gasteiger partial charge in [-0.2, -0.15) is 13.2 Å². The van der Waals surface area contributed by atoms with E-state index in [1.165, 1.54) is 0 Å². The van der Waals surface area contributed by atoms with Crippen LogP contribution in [0, 0.1) is 0 Å². The zero-order chi connectivity index (χ0) is 26.7. The summed E-state index contributed by atoms with van der Waals surface area (Å²) in [4.78, 5) is 16.8. The second-order valence-electron chi connectivity index (χ2n) is 8.37. The van der Waals surface area contributed by atoms with Crippen molar-refractivity contribution in [3.8, 4) is 23.1 Å². The summed E-state index contributed by atoms with van der Waals surface area (Å²) in [6.45, 7) is 4.36. The third kappa shape index (κ3) is 7.27. The molecule has 3 N–H and O–H groups in total. The highest BCUT2D eigenvalue weighted by Crippen LogP contribution is 2.37. The summed E-state index contributed by atoms with van der Waals surface area (Å²) >= 11 is 6.70. The SMILES string of the molecule is CC(C)Oc1ccc(-n2c(C(=O)NCCN)c(Cl)c3cc(Oc4ccc(C(F)(F)F)cn4)ccc32)cc1.Cl.Cl. The van der Waals surface area contributed by atoms with Gasteiger partial charge in [0, 0.05) is 36.4 Å². The zero-order valence-corrected chi connectivity index (χ0v) is 23.2. The average molecular weight is 606 g/mol. The number of carbonyl (C=O) groups is 1. The number of pyridine rings is 1. The van der Waals surface area contributed by atoms with Gasteiger partial charge in [-0.1, -0.05) is 11.6 Å². The molecule has 13 heteroatoms. The molecule has 0 bridgehead atoms. The molecule has 2 aromatic heterocycles. The summed E-state index contributed by atoms with van der Waals surface area (Å²) in [5.74, 6) is 0.522. The number of nitrogens with one attached hydrogen (secondary N) is 1. The highest BCUT2D eigenvalue weighted by molar-refractivity contribution is 6.39. The molecule has 0 fully saturated rings. The number of hydrogen-bond donors (Lipinski definition) is 2. The number of nitrogens with two attached hydrogens (primary N) is 1. The summed E-state index contributed by atoms with van der Waals surface area (Å²) in [5.41, 5.74) is 6.16. The molecule has 39 heavy (non-hydrogen) atoms. The smallest absolute Gasteiger partial charge is 0.417 e. The number of alkyl halides is 3. The first kappa shape index (κ1) is 32.0. The molecule has 210 valence electrons. The van der Waals surface area contributed by atoms with Crippen LogP contribution in [0.1, 0.15) is 29.9 Å². The summed E-state index contributed by atoms with van der Waals surface area (Å²) in [6.07, 6.45) is -3.80. The van der Waals surface area contributed by atoms with E-state index in [-0.39, 0.29) is 66.4 Å². The number of carbonyl (C=O) groups excluding carboxylic acids is 1. The fraction of sp³-hybridized carbons (Fsp3) is 0.231. The average Bonchev–Trinajstić information content (AvgIpc) is 3.14. The monoisotopic (exact) mass is 604 g/mol. The quantitative estimate of drug-likeness (QED) is 0.230. The van der Waals surface area contributed by atoms with Crippen molar-refractivity contribution in [2.24, 2.45) is 5.73 Å². The molecule has 0 atom stereocenters. The van der Waals surface area contributed by atoms with Gasteiger partial charge in [-0.15, -0.1) is 24.8 Å². The number of benzene rings is 2. The molecular weight excluding hydrogens is 580 g/mol. The number of halogens is 6. The van der Waals surface area contributed by atoms with E-state index >= 15 is 0 Å². The molecule has 0 spiro atoms. The number of nitrogens with zero attached hydrogens (tertiary/aromatic N) is 2. The summed E-state index contributed by atoms with van der Waals surface area (Å²) in [7, 11) is 0. The van der Waals surface area contributed by atoms with Gasteiger partial charge >= 0.3 is 6.18 Å². The van der Waals surface area contributed by atoms with Crippen molar-refractivity contribution in [2.45, 2.75) is 26.1 Å². The van der Waals surface area contributed by atoms with Crippen LogP contribution in [0.25, 0.3) is 16.6 Å². The molecule has 0 aliphatic carbocycles. The maximum absolute atomic E-state index is 13.1. The van der Waals surface area contributed by atoms with E-state index in [1.807, 2.05) is 26.0 Å². The Labute approximate surface area is 240 Å². The number of ether oxygens (including phenoxy) is 2. The highest BCUT2D eigenvalue weighted by atomic mass is 35.5. The van der Waals surface area contributed by atoms with E-state index in [4.69, 9.17) is 26.8 Å². The molecule has 4 aromatic rings. The molecule has 0 aliphatic heterocycles. The number of amides is 1. The second kappa shape index (κ2) is 13.3. The Morgan fingerprint density at radius 2 is 1.74 bits per heavy atom. The molecule has 2 heterocycles. The Morgan fingerprint density at radius 1 is 1.08 bits per heavy atom. The number of rotatable bonds is 8. The summed E-state index contributed by atoms with van der Waals surface area (Å²) < 4.78 is 51.6. The van der Waals surface area contributed by atoms with Crippen LogP contribution >= 0.6 is 36.4 Å². The zero-order valence-electron chi connectivity index (χ0n) is 20.8. The first-order valence-electron chi connectivity index (χ1n) is 11.4. The lowest BCUT2D eigenvalue weighted by Gasteiger charge is -2.14. The minimum atomic E-state index is -4.50. The van der Waals surface area contributed by atoms with Gasteiger partial charge in [0.2, 0.25) is 5.88 Å². The maximum Gasteiger partial charge on any atom is 0.417 e. The van der Waals surface area contributed by atoms with Gasteiger partial charge in [0.25, 0.3) is 5.91 Å². The van der Waals surface area contributed by atoms with Gasteiger partial charge in [-0.05, 0) is 62.4 Å². The molecular formula is C26H26Cl3F3N4O3. The van der Waals surface area contributed by atoms with Crippen molar-refractivity contribution in [3.63, 3.8) is 0 Å². The normalized spacial score (nSPS) is 11.1. The molecule has 0 saturated carbocycles. The van der Waals surface area contributed by atoms with Gasteiger partial charge in [-0.25, -0.2) is 4.98 Å². The molecule has 2 aromatic carbocycles. The minimum Gasteiger partial charge on any atom is -0.491 e. The Balaban J connectivity index is 0.00000267. The van der Waals surface area contributed by atoms with Crippen LogP contribution in [0.2, 0.25) is 5.02 Å². The van der Waals surface area contributed by atoms with Crippen LogP contribution < -0.4 is 20.5 Å². The molecule has 4 rings (SSSR count). The predicted molar refractivity (Wildman–Crippen MR) is 149 cm³/mol. The van der Waals surface area contributed by atoms with Crippen LogP contribution in [-0.2, 0) is 6.18 Å². The lowest BCUT2D eigenvalue weighted by atomic mass is 10.2. The van der Waals surface area contributed by atoms with Crippen LogP contribution in [0.3, 0.4) is 0 Å². The molecule has 0 unspecified atom stereocenters. The van der Waals surface area contributed by atoms with Gasteiger partial charge in [0.15, 0.2) is 0 Å². The van der Waals surface area contributed by atoms with Crippen LogP contribution in [0.5, 0.6) is 17.4 Å². The van der Waals surface area contributed by atoms with E-state index in [9.17, 15) is 18.0 Å². The van der Waals surface area contributed by atoms with Gasteiger partial charge in [0.05, 0.1) is 22.2 Å². The first-order chi connectivity index (χ1) is 17.6. The van der Waals surface area contributed by atoms with Crippen molar-refractivity contribution >= 4 is 53.2 Å². The standard InChI is InChI=1S/C26H24ClF3N4O3.2ClH/c1-15(2)36-18-6-4-17(5-7-18)34-21-9-8-19(37-22-10-3-16(14-33-22)26(28,29)30)13-20(21)23(27)24(34)25(35)32-12-11-31;;/h3-10,13-15H,11-12,31H2,1-2H3,(H,32,35);2*1H. The van der Waals surface area contributed by atoms with Crippen molar-refractivity contribution in [1.82, 2.24) is 14.9 Å². The van der Waals surface area contributed by atoms with Gasteiger partial charge in [0.1, 0.15) is 17.2 Å². The van der Waals surface area contributed by atoms with Crippen LogP contribution in [0.15, 0.2) is 60.8 Å². The number of aromatic nitrogens is 2. The van der Waals surface area contributed by atoms with Crippen molar-refractivity contribution in [3.05, 3.63) is 77.1 Å². The third-order valence-electron chi connectivity index (χ3n) is 5.27. The Hall–Kier alpha value is -3.18. The van der Waals surface area contributed by atoms with E-state index < -0.39 is 17.6 Å². The minimum absolute atomic E-state index is 0. The van der Waals surface area contributed by atoms with Crippen molar-refractivity contribution in [1.29, 1.82) is 0 Å². The van der Waals surface area contributed by atoms with Crippen molar-refractivity contribution in [2.75, 3.05) is 13.1 Å². The van der Waals surface area contributed by atoms with E-state index in [1.54, 1.807) is 34.9 Å². The Kier molecular flexibility index (Phi) is 10.9. The molecule has 0 aliphatic rings. The molecule has 7 nitrogen and oxygen atoms in total. The third-order valence-corrected chi connectivity index (χ3v) is 5.66. The fourth-order valence-electron chi connectivity index (χ4n) is 3.71. The lowest BCUT2D eigenvalue weighted by molar-refractivity contribution is -0.137. The van der Waals surface area contributed by atoms with E-state index in [0.717, 1.165) is 12.1 Å². The topological polar surface area (TPSA) is 91.4 Å². The number of fused-ring (bicyclic) bond motifs is 1. The van der Waals surface area contributed by atoms with Crippen molar-refractivity contribution < 1.29 is 27.4 Å². The van der Waals surface area contributed by atoms with Crippen LogP contribution in [0.4, 0.5) is 13.2 Å². The Bertz CT molecular complexity index is 1410. The summed E-state index contributed by atoms with van der Waals surface area (Å²) in [6, 6.07) is 14.2.